The monoisotopic (exact) mass is 299 g/mol. The molecule has 0 saturated carbocycles. The third-order valence-electron chi connectivity index (χ3n) is 4.11. The average Bonchev–Trinajstić information content (AvgIpc) is 3.17. The van der Waals surface area contributed by atoms with Gasteiger partial charge >= 0.3 is 0 Å². The van der Waals surface area contributed by atoms with Crippen molar-refractivity contribution in [3.8, 4) is 0 Å². The molecule has 5 nitrogen and oxygen atoms in total. The van der Waals surface area contributed by atoms with Crippen LogP contribution in [0.4, 0.5) is 0 Å². The molecule has 1 fully saturated rings. The zero-order valence-electron chi connectivity index (χ0n) is 11.7. The molecule has 1 saturated heterocycles. The minimum Gasteiger partial charge on any atom is -0.298 e. The summed E-state index contributed by atoms with van der Waals surface area (Å²) in [7, 11) is 0. The van der Waals surface area contributed by atoms with E-state index in [2.05, 4.69) is 32.2 Å². The first-order valence-electron chi connectivity index (χ1n) is 7.28. The Balaban J connectivity index is 1.51. The van der Waals surface area contributed by atoms with Gasteiger partial charge in [-0.3, -0.25) is 15.0 Å². The lowest BCUT2D eigenvalue weighted by Crippen LogP contribution is -2.33. The summed E-state index contributed by atoms with van der Waals surface area (Å²) in [5, 5.41) is 8.09. The van der Waals surface area contributed by atoms with E-state index in [1.807, 2.05) is 17.9 Å². The molecule has 0 radical (unpaired) electrons. The fraction of sp³-hybridized carbons (Fsp3) is 0.400. The van der Waals surface area contributed by atoms with Crippen molar-refractivity contribution in [1.29, 1.82) is 0 Å². The number of nitrogens with zero attached hydrogens (tertiary/aromatic N) is 4. The van der Waals surface area contributed by atoms with E-state index >= 15 is 0 Å². The minimum absolute atomic E-state index is 0.513. The fourth-order valence-corrected chi connectivity index (χ4v) is 3.69. The lowest BCUT2D eigenvalue weighted by atomic mass is 9.94. The summed E-state index contributed by atoms with van der Waals surface area (Å²) in [6, 6.07) is 4.27. The van der Waals surface area contributed by atoms with Gasteiger partial charge in [-0.1, -0.05) is 0 Å². The van der Waals surface area contributed by atoms with E-state index in [1.54, 1.807) is 11.3 Å². The first-order chi connectivity index (χ1) is 10.4. The number of hydrogen-bond donors (Lipinski definition) is 1. The van der Waals surface area contributed by atoms with Crippen molar-refractivity contribution in [3.63, 3.8) is 0 Å². The highest BCUT2D eigenvalue weighted by Gasteiger charge is 2.23. The quantitative estimate of drug-likeness (QED) is 0.808. The van der Waals surface area contributed by atoms with Crippen LogP contribution in [0.2, 0.25) is 0 Å². The third-order valence-corrected chi connectivity index (χ3v) is 4.87. The maximum Gasteiger partial charge on any atom is 0.155 e. The molecule has 4 rings (SSSR count). The van der Waals surface area contributed by atoms with Gasteiger partial charge in [0.1, 0.15) is 0 Å². The van der Waals surface area contributed by atoms with Crippen molar-refractivity contribution in [2.24, 2.45) is 0 Å². The normalized spacial score (nSPS) is 20.1. The fourth-order valence-electron chi connectivity index (χ4n) is 3.05. The van der Waals surface area contributed by atoms with Gasteiger partial charge in [-0.2, -0.15) is 5.10 Å². The Hall–Kier alpha value is -1.79. The highest BCUT2D eigenvalue weighted by Crippen LogP contribution is 2.27. The number of H-pyrrole nitrogens is 1. The van der Waals surface area contributed by atoms with Crippen LogP contribution in [0.5, 0.6) is 0 Å². The van der Waals surface area contributed by atoms with Crippen LogP contribution in [0.1, 0.15) is 29.3 Å². The second-order valence-electron chi connectivity index (χ2n) is 5.59. The number of likely N-dealkylation sites (tertiary alicyclic amines) is 1. The molecule has 1 aliphatic heterocycles. The molecule has 1 aliphatic rings. The van der Waals surface area contributed by atoms with Gasteiger partial charge in [-0.05, 0) is 31.5 Å². The summed E-state index contributed by atoms with van der Waals surface area (Å²) in [6.07, 6.45) is 6.24. The zero-order valence-corrected chi connectivity index (χ0v) is 12.5. The number of thiazole rings is 1. The highest BCUT2D eigenvalue weighted by atomic mass is 32.1. The van der Waals surface area contributed by atoms with Gasteiger partial charge in [-0.25, -0.2) is 4.98 Å². The van der Waals surface area contributed by atoms with Crippen LogP contribution < -0.4 is 0 Å². The van der Waals surface area contributed by atoms with Crippen molar-refractivity contribution in [2.75, 3.05) is 13.1 Å². The van der Waals surface area contributed by atoms with Gasteiger partial charge < -0.3 is 0 Å². The van der Waals surface area contributed by atoms with Gasteiger partial charge in [0.05, 0.1) is 11.7 Å². The van der Waals surface area contributed by atoms with Crippen LogP contribution in [0.25, 0.3) is 11.0 Å². The Morgan fingerprint density at radius 1 is 1.33 bits per heavy atom. The molecule has 0 aromatic carbocycles. The molecule has 4 heterocycles. The summed E-state index contributed by atoms with van der Waals surface area (Å²) in [4.78, 5) is 12.8. The number of fused-ring (bicyclic) bond motifs is 1. The average molecular weight is 299 g/mol. The van der Waals surface area contributed by atoms with E-state index in [0.29, 0.717) is 5.92 Å². The molecule has 6 heteroatoms. The van der Waals surface area contributed by atoms with Crippen LogP contribution in [-0.2, 0) is 6.54 Å². The Morgan fingerprint density at radius 2 is 2.33 bits per heavy atom. The van der Waals surface area contributed by atoms with Crippen LogP contribution in [0.15, 0.2) is 30.0 Å². The second-order valence-corrected chi connectivity index (χ2v) is 6.56. The molecule has 108 valence electrons. The number of piperidine rings is 1. The molecule has 0 bridgehead atoms. The summed E-state index contributed by atoms with van der Waals surface area (Å²) >= 11 is 1.73. The van der Waals surface area contributed by atoms with Crippen LogP contribution >= 0.6 is 11.3 Å². The number of hydrogen-bond acceptors (Lipinski definition) is 5. The van der Waals surface area contributed by atoms with Crippen LogP contribution in [-0.4, -0.2) is 38.2 Å². The molecular weight excluding hydrogens is 282 g/mol. The number of pyridine rings is 1. The van der Waals surface area contributed by atoms with Crippen molar-refractivity contribution in [2.45, 2.75) is 25.3 Å². The zero-order chi connectivity index (χ0) is 14.1. The van der Waals surface area contributed by atoms with Gasteiger partial charge in [0, 0.05) is 41.2 Å². The molecule has 3 aromatic rings. The van der Waals surface area contributed by atoms with E-state index in [-0.39, 0.29) is 0 Å². The lowest BCUT2D eigenvalue weighted by molar-refractivity contribution is 0.200. The summed E-state index contributed by atoms with van der Waals surface area (Å²) in [5.74, 6) is 0.513. The van der Waals surface area contributed by atoms with Crippen LogP contribution in [0, 0.1) is 0 Å². The van der Waals surface area contributed by atoms with E-state index in [9.17, 15) is 0 Å². The standard InChI is InChI=1S/C15H17N5S/c1-2-12(8-20(5-1)9-13-7-16-10-21-13)14-4-3-11-6-17-19-15(11)18-14/h3-4,6-7,10,12H,1-2,5,8-9H2,(H,17,18,19)/t12-/m1/s1. The lowest BCUT2D eigenvalue weighted by Gasteiger charge is -2.32. The van der Waals surface area contributed by atoms with Crippen molar-refractivity contribution in [1.82, 2.24) is 25.1 Å². The molecule has 0 unspecified atom stereocenters. The van der Waals surface area contributed by atoms with E-state index < -0.39 is 0 Å². The molecule has 0 spiro atoms. The van der Waals surface area contributed by atoms with Crippen LogP contribution in [0.3, 0.4) is 0 Å². The molecule has 1 N–H and O–H groups in total. The first-order valence-corrected chi connectivity index (χ1v) is 8.16. The smallest absolute Gasteiger partial charge is 0.155 e. The number of aromatic nitrogens is 4. The Morgan fingerprint density at radius 3 is 3.24 bits per heavy atom. The summed E-state index contributed by atoms with van der Waals surface area (Å²) in [6.45, 7) is 3.25. The predicted molar refractivity (Wildman–Crippen MR) is 83.3 cm³/mol. The topological polar surface area (TPSA) is 57.7 Å². The summed E-state index contributed by atoms with van der Waals surface area (Å²) in [5.41, 5.74) is 3.98. The van der Waals surface area contributed by atoms with Gasteiger partial charge in [0.15, 0.2) is 5.65 Å². The third kappa shape index (κ3) is 2.69. The number of aromatic amines is 1. The molecule has 0 aliphatic carbocycles. The molecule has 21 heavy (non-hydrogen) atoms. The number of nitrogens with one attached hydrogen (secondary N) is 1. The molecule has 3 aromatic heterocycles. The second kappa shape index (κ2) is 5.54. The van der Waals surface area contributed by atoms with Crippen molar-refractivity contribution in [3.05, 3.63) is 40.6 Å². The molecule has 0 amide bonds. The Labute approximate surface area is 127 Å². The summed E-state index contributed by atoms with van der Waals surface area (Å²) < 4.78 is 0. The van der Waals surface area contributed by atoms with E-state index in [0.717, 1.165) is 24.1 Å². The Kier molecular flexibility index (Phi) is 3.40. The van der Waals surface area contributed by atoms with E-state index in [4.69, 9.17) is 4.98 Å². The van der Waals surface area contributed by atoms with E-state index in [1.165, 1.54) is 30.0 Å². The maximum atomic E-state index is 4.74. The van der Waals surface area contributed by atoms with Gasteiger partial charge in [0.2, 0.25) is 0 Å². The maximum absolute atomic E-state index is 4.74. The predicted octanol–water partition coefficient (Wildman–Crippen LogP) is 2.79. The minimum atomic E-state index is 0.513. The Bertz CT molecular complexity index is 721. The highest BCUT2D eigenvalue weighted by molar-refractivity contribution is 7.09. The molecular formula is C15H17N5S. The largest absolute Gasteiger partial charge is 0.298 e. The van der Waals surface area contributed by atoms with Crippen molar-refractivity contribution >= 4 is 22.4 Å². The van der Waals surface area contributed by atoms with Gasteiger partial charge in [0.25, 0.3) is 0 Å². The first kappa shape index (κ1) is 12.9. The molecule has 1 atom stereocenters. The van der Waals surface area contributed by atoms with Gasteiger partial charge in [-0.15, -0.1) is 11.3 Å². The number of rotatable bonds is 3. The van der Waals surface area contributed by atoms with Crippen molar-refractivity contribution < 1.29 is 0 Å². The SMILES string of the molecule is c1ncc(CN2CCC[C@@H](c3ccc4cn[nH]c4n3)C2)s1.